The molecule has 1 heterocycles. The minimum atomic E-state index is -1.12. The monoisotopic (exact) mass is 363 g/mol. The van der Waals surface area contributed by atoms with Crippen molar-refractivity contribution >= 4 is 11.9 Å². The van der Waals surface area contributed by atoms with E-state index < -0.39 is 23.8 Å². The number of hydrogen-bond donors (Lipinski definition) is 3. The number of carboxylic acid groups (broad SMARTS) is 2. The van der Waals surface area contributed by atoms with Crippen LogP contribution in [0.2, 0.25) is 0 Å². The second kappa shape index (κ2) is 7.50. The summed E-state index contributed by atoms with van der Waals surface area (Å²) in [6.07, 6.45) is 0. The highest BCUT2D eigenvalue weighted by molar-refractivity contribution is 5.96. The SMILES string of the molecule is CC1=C(C(=O)O)C(C(c2ccccc2)c2ccccc2)C(C(=O)O)=C(C)N1. The van der Waals surface area contributed by atoms with Crippen LogP contribution < -0.4 is 5.32 Å². The standard InChI is InChI=1S/C22H21NO4/c1-13-17(21(24)25)20(18(22(26)27)14(2)23-13)19(15-9-5-3-6-10-15)16-11-7-4-8-12-16/h3-12,19-20,23H,1-2H3,(H,24,25)(H,26,27). The molecule has 0 fully saturated rings. The molecule has 3 N–H and O–H groups in total. The van der Waals surface area contributed by atoms with Gasteiger partial charge in [0, 0.05) is 23.2 Å². The van der Waals surface area contributed by atoms with Crippen molar-refractivity contribution in [1.82, 2.24) is 5.32 Å². The van der Waals surface area contributed by atoms with Crippen LogP contribution in [0.4, 0.5) is 0 Å². The fourth-order valence-corrected chi connectivity index (χ4v) is 3.85. The van der Waals surface area contributed by atoms with Gasteiger partial charge < -0.3 is 15.5 Å². The lowest BCUT2D eigenvalue weighted by Crippen LogP contribution is -2.35. The van der Waals surface area contributed by atoms with E-state index >= 15 is 0 Å². The van der Waals surface area contributed by atoms with Gasteiger partial charge in [-0.25, -0.2) is 9.59 Å². The number of allylic oxidation sites excluding steroid dienone is 2. The first kappa shape index (κ1) is 18.5. The Kier molecular flexibility index (Phi) is 5.12. The fourth-order valence-electron chi connectivity index (χ4n) is 3.85. The van der Waals surface area contributed by atoms with E-state index in [2.05, 4.69) is 5.32 Å². The van der Waals surface area contributed by atoms with Crippen molar-refractivity contribution in [2.24, 2.45) is 5.92 Å². The summed E-state index contributed by atoms with van der Waals surface area (Å²) in [5.74, 6) is -3.48. The lowest BCUT2D eigenvalue weighted by Gasteiger charge is -2.34. The summed E-state index contributed by atoms with van der Waals surface area (Å²) in [5, 5.41) is 22.7. The third kappa shape index (κ3) is 3.49. The first-order valence-electron chi connectivity index (χ1n) is 8.66. The molecule has 0 unspecified atom stereocenters. The van der Waals surface area contributed by atoms with Crippen LogP contribution in [0.5, 0.6) is 0 Å². The molecule has 1 aliphatic heterocycles. The quantitative estimate of drug-likeness (QED) is 0.753. The number of dihydropyridines is 1. The molecule has 0 bridgehead atoms. The summed E-state index contributed by atoms with van der Waals surface area (Å²) in [4.78, 5) is 24.2. The van der Waals surface area contributed by atoms with E-state index in [1.54, 1.807) is 13.8 Å². The van der Waals surface area contributed by atoms with Gasteiger partial charge in [0.25, 0.3) is 0 Å². The van der Waals surface area contributed by atoms with Gasteiger partial charge in [0.1, 0.15) is 0 Å². The van der Waals surface area contributed by atoms with Crippen LogP contribution in [0.3, 0.4) is 0 Å². The molecule has 0 atom stereocenters. The Hall–Kier alpha value is -3.34. The van der Waals surface area contributed by atoms with Crippen molar-refractivity contribution in [2.75, 3.05) is 0 Å². The summed E-state index contributed by atoms with van der Waals surface area (Å²) in [6.45, 7) is 3.34. The number of carbonyl (C=O) groups is 2. The van der Waals surface area contributed by atoms with Gasteiger partial charge in [-0.05, 0) is 25.0 Å². The van der Waals surface area contributed by atoms with Crippen LogP contribution in [-0.2, 0) is 9.59 Å². The fraction of sp³-hybridized carbons (Fsp3) is 0.182. The lowest BCUT2D eigenvalue weighted by atomic mass is 9.71. The number of nitrogens with one attached hydrogen (secondary N) is 1. The largest absolute Gasteiger partial charge is 0.478 e. The van der Waals surface area contributed by atoms with E-state index in [1.807, 2.05) is 60.7 Å². The van der Waals surface area contributed by atoms with Gasteiger partial charge in [0.15, 0.2) is 0 Å². The highest BCUT2D eigenvalue weighted by Gasteiger charge is 2.41. The van der Waals surface area contributed by atoms with Crippen molar-refractivity contribution < 1.29 is 19.8 Å². The van der Waals surface area contributed by atoms with E-state index in [-0.39, 0.29) is 11.1 Å². The van der Waals surface area contributed by atoms with Crippen molar-refractivity contribution in [3.63, 3.8) is 0 Å². The third-order valence-corrected chi connectivity index (χ3v) is 4.92. The van der Waals surface area contributed by atoms with Crippen LogP contribution in [0.25, 0.3) is 0 Å². The molecule has 0 aliphatic carbocycles. The number of aliphatic carboxylic acids is 2. The maximum absolute atomic E-state index is 12.1. The third-order valence-electron chi connectivity index (χ3n) is 4.92. The van der Waals surface area contributed by atoms with Gasteiger partial charge in [0.05, 0.1) is 11.1 Å². The van der Waals surface area contributed by atoms with E-state index in [0.29, 0.717) is 11.4 Å². The first-order valence-corrected chi connectivity index (χ1v) is 8.66. The predicted molar refractivity (Wildman–Crippen MR) is 102 cm³/mol. The Morgan fingerprint density at radius 3 is 1.48 bits per heavy atom. The molecule has 0 saturated carbocycles. The molecule has 0 amide bonds. The Morgan fingerprint density at radius 2 is 1.15 bits per heavy atom. The summed E-state index contributed by atoms with van der Waals surface area (Å²) in [6, 6.07) is 18.9. The van der Waals surface area contributed by atoms with Crippen LogP contribution in [0, 0.1) is 5.92 Å². The van der Waals surface area contributed by atoms with E-state index in [9.17, 15) is 19.8 Å². The van der Waals surface area contributed by atoms with Gasteiger partial charge >= 0.3 is 11.9 Å². The van der Waals surface area contributed by atoms with E-state index in [0.717, 1.165) is 11.1 Å². The maximum atomic E-state index is 12.1. The summed E-state index contributed by atoms with van der Waals surface area (Å²) in [5.41, 5.74) is 2.83. The van der Waals surface area contributed by atoms with Crippen molar-refractivity contribution in [3.8, 4) is 0 Å². The zero-order chi connectivity index (χ0) is 19.6. The zero-order valence-electron chi connectivity index (χ0n) is 15.1. The van der Waals surface area contributed by atoms with Gasteiger partial charge in [-0.15, -0.1) is 0 Å². The Morgan fingerprint density at radius 1 is 0.778 bits per heavy atom. The summed E-state index contributed by atoms with van der Waals surface area (Å²) >= 11 is 0. The molecule has 0 spiro atoms. The minimum absolute atomic E-state index is 0.0794. The molecular weight excluding hydrogens is 342 g/mol. The smallest absolute Gasteiger partial charge is 0.333 e. The van der Waals surface area contributed by atoms with Gasteiger partial charge in [0.2, 0.25) is 0 Å². The average Bonchev–Trinajstić information content (AvgIpc) is 2.62. The summed E-state index contributed by atoms with van der Waals surface area (Å²) in [7, 11) is 0. The van der Waals surface area contributed by atoms with Gasteiger partial charge in [-0.2, -0.15) is 0 Å². The van der Waals surface area contributed by atoms with Gasteiger partial charge in [-0.1, -0.05) is 60.7 Å². The second-order valence-electron chi connectivity index (χ2n) is 6.59. The minimum Gasteiger partial charge on any atom is -0.478 e. The van der Waals surface area contributed by atoms with E-state index in [1.165, 1.54) is 0 Å². The second-order valence-corrected chi connectivity index (χ2v) is 6.59. The molecule has 5 nitrogen and oxygen atoms in total. The number of carboxylic acids is 2. The molecule has 2 aromatic rings. The normalized spacial score (nSPS) is 15.1. The molecule has 0 aromatic heterocycles. The molecule has 0 saturated heterocycles. The Balaban J connectivity index is 2.31. The van der Waals surface area contributed by atoms with Gasteiger partial charge in [-0.3, -0.25) is 0 Å². The van der Waals surface area contributed by atoms with Crippen LogP contribution in [0.1, 0.15) is 30.9 Å². The zero-order valence-corrected chi connectivity index (χ0v) is 15.1. The molecule has 5 heteroatoms. The average molecular weight is 363 g/mol. The number of benzene rings is 2. The van der Waals surface area contributed by atoms with Crippen molar-refractivity contribution in [2.45, 2.75) is 19.8 Å². The molecule has 138 valence electrons. The first-order chi connectivity index (χ1) is 12.9. The molecule has 1 aliphatic rings. The van der Waals surface area contributed by atoms with Crippen molar-refractivity contribution in [1.29, 1.82) is 0 Å². The molecule has 3 rings (SSSR count). The highest BCUT2D eigenvalue weighted by Crippen LogP contribution is 2.44. The Bertz CT molecular complexity index is 854. The Labute approximate surface area is 157 Å². The molecule has 27 heavy (non-hydrogen) atoms. The van der Waals surface area contributed by atoms with E-state index in [4.69, 9.17) is 0 Å². The van der Waals surface area contributed by atoms with Crippen molar-refractivity contribution in [3.05, 3.63) is 94.3 Å². The number of rotatable bonds is 5. The summed E-state index contributed by atoms with van der Waals surface area (Å²) < 4.78 is 0. The highest BCUT2D eigenvalue weighted by atomic mass is 16.4. The molecular formula is C22H21NO4. The van der Waals surface area contributed by atoms with Crippen LogP contribution in [0.15, 0.2) is 83.2 Å². The van der Waals surface area contributed by atoms with Crippen LogP contribution >= 0.6 is 0 Å². The lowest BCUT2D eigenvalue weighted by molar-refractivity contribution is -0.134. The molecule has 2 aromatic carbocycles. The maximum Gasteiger partial charge on any atom is 0.333 e. The van der Waals surface area contributed by atoms with Crippen LogP contribution in [-0.4, -0.2) is 22.2 Å². The predicted octanol–water partition coefficient (Wildman–Crippen LogP) is 3.76. The number of hydrogen-bond acceptors (Lipinski definition) is 3. The topological polar surface area (TPSA) is 86.6 Å². The molecule has 0 radical (unpaired) electrons.